The van der Waals surface area contributed by atoms with Crippen molar-refractivity contribution in [1.29, 1.82) is 0 Å². The van der Waals surface area contributed by atoms with Gasteiger partial charge in [-0.1, -0.05) is 56.8 Å². The maximum atomic E-state index is 4.44. The highest BCUT2D eigenvalue weighted by Gasteiger charge is 1.97. The van der Waals surface area contributed by atoms with Gasteiger partial charge in [0, 0.05) is 5.56 Å². The lowest BCUT2D eigenvalue weighted by atomic mass is 10.1. The van der Waals surface area contributed by atoms with E-state index in [0.717, 1.165) is 17.0 Å². The summed E-state index contributed by atoms with van der Waals surface area (Å²) in [4.78, 5) is 4.44. The van der Waals surface area contributed by atoms with Gasteiger partial charge in [-0.15, -0.1) is 0 Å². The third-order valence-electron chi connectivity index (χ3n) is 2.05. The Labute approximate surface area is 97.5 Å². The van der Waals surface area contributed by atoms with Crippen molar-refractivity contribution >= 4 is 6.08 Å². The number of aromatic nitrogens is 1. The van der Waals surface area contributed by atoms with Crippen LogP contribution in [-0.2, 0) is 0 Å². The average Bonchev–Trinajstić information content (AvgIpc) is 2.42. The lowest BCUT2D eigenvalue weighted by molar-refractivity contribution is 1.30. The highest BCUT2D eigenvalue weighted by molar-refractivity contribution is 5.60. The van der Waals surface area contributed by atoms with Gasteiger partial charge in [-0.05, 0) is 18.2 Å². The van der Waals surface area contributed by atoms with E-state index in [1.807, 2.05) is 50.2 Å². The molecule has 0 atom stereocenters. The zero-order chi connectivity index (χ0) is 11.8. The number of pyridine rings is 1. The van der Waals surface area contributed by atoms with Crippen LogP contribution in [-0.4, -0.2) is 4.98 Å². The van der Waals surface area contributed by atoms with E-state index < -0.39 is 0 Å². The SMILES string of the molecule is C=Cc1cccc(-c2ccccc2)n1.CC. The molecule has 1 nitrogen and oxygen atoms in total. The average molecular weight is 211 g/mol. The van der Waals surface area contributed by atoms with Crippen molar-refractivity contribution in [1.82, 2.24) is 4.98 Å². The van der Waals surface area contributed by atoms with Gasteiger partial charge in [-0.3, -0.25) is 0 Å². The Morgan fingerprint density at radius 3 is 2.25 bits per heavy atom. The van der Waals surface area contributed by atoms with E-state index in [0.29, 0.717) is 0 Å². The zero-order valence-electron chi connectivity index (χ0n) is 9.85. The molecule has 0 N–H and O–H groups in total. The lowest BCUT2D eigenvalue weighted by Crippen LogP contribution is -1.85. The summed E-state index contributed by atoms with van der Waals surface area (Å²) in [5.74, 6) is 0. The van der Waals surface area contributed by atoms with Gasteiger partial charge in [0.1, 0.15) is 0 Å². The number of benzene rings is 1. The molecule has 0 aliphatic carbocycles. The summed E-state index contributed by atoms with van der Waals surface area (Å²) in [7, 11) is 0. The normalized spacial score (nSPS) is 8.88. The largest absolute Gasteiger partial charge is 0.248 e. The lowest BCUT2D eigenvalue weighted by Gasteiger charge is -2.00. The second-order valence-electron chi connectivity index (χ2n) is 3.02. The Morgan fingerprint density at radius 1 is 0.938 bits per heavy atom. The van der Waals surface area contributed by atoms with Crippen LogP contribution in [0.1, 0.15) is 19.5 Å². The number of hydrogen-bond donors (Lipinski definition) is 0. The molecule has 2 aromatic rings. The molecule has 1 heteroatoms. The molecule has 1 aromatic heterocycles. The first-order valence-electron chi connectivity index (χ1n) is 5.55. The molecule has 0 radical (unpaired) electrons. The molecule has 0 unspecified atom stereocenters. The monoisotopic (exact) mass is 211 g/mol. The van der Waals surface area contributed by atoms with Crippen LogP contribution < -0.4 is 0 Å². The first-order chi connectivity index (χ1) is 7.90. The quantitative estimate of drug-likeness (QED) is 0.716. The molecule has 0 aliphatic heterocycles. The fraction of sp³-hybridized carbons (Fsp3) is 0.133. The van der Waals surface area contributed by atoms with Gasteiger partial charge in [0.25, 0.3) is 0 Å². The van der Waals surface area contributed by atoms with E-state index in [-0.39, 0.29) is 0 Å². The fourth-order valence-electron chi connectivity index (χ4n) is 1.33. The van der Waals surface area contributed by atoms with E-state index in [9.17, 15) is 0 Å². The predicted octanol–water partition coefficient (Wildman–Crippen LogP) is 4.42. The molecule has 0 amide bonds. The van der Waals surface area contributed by atoms with Crippen LogP contribution in [0.5, 0.6) is 0 Å². The maximum absolute atomic E-state index is 4.44. The van der Waals surface area contributed by atoms with Gasteiger partial charge in [0.15, 0.2) is 0 Å². The van der Waals surface area contributed by atoms with Crippen molar-refractivity contribution in [3.05, 3.63) is 60.8 Å². The summed E-state index contributed by atoms with van der Waals surface area (Å²) in [5, 5.41) is 0. The highest BCUT2D eigenvalue weighted by atomic mass is 14.7. The molecule has 0 bridgehead atoms. The van der Waals surface area contributed by atoms with Crippen molar-refractivity contribution in [2.45, 2.75) is 13.8 Å². The van der Waals surface area contributed by atoms with Gasteiger partial charge >= 0.3 is 0 Å². The molecular weight excluding hydrogens is 194 g/mol. The first-order valence-corrected chi connectivity index (χ1v) is 5.55. The third-order valence-corrected chi connectivity index (χ3v) is 2.05. The van der Waals surface area contributed by atoms with E-state index in [4.69, 9.17) is 0 Å². The first kappa shape index (κ1) is 12.2. The summed E-state index contributed by atoms with van der Waals surface area (Å²) in [5.41, 5.74) is 3.03. The number of hydrogen-bond acceptors (Lipinski definition) is 1. The Morgan fingerprint density at radius 2 is 1.62 bits per heavy atom. The Balaban J connectivity index is 0.000000606. The van der Waals surface area contributed by atoms with Crippen molar-refractivity contribution in [3.63, 3.8) is 0 Å². The summed E-state index contributed by atoms with van der Waals surface area (Å²) < 4.78 is 0. The molecule has 16 heavy (non-hydrogen) atoms. The molecule has 82 valence electrons. The topological polar surface area (TPSA) is 12.9 Å². The Hall–Kier alpha value is -1.89. The molecular formula is C15H17N. The molecule has 0 spiro atoms. The van der Waals surface area contributed by atoms with Crippen LogP contribution in [0, 0.1) is 0 Å². The Bertz CT molecular complexity index is 432. The van der Waals surface area contributed by atoms with Crippen molar-refractivity contribution in [2.24, 2.45) is 0 Å². The predicted molar refractivity (Wildman–Crippen MR) is 71.1 cm³/mol. The van der Waals surface area contributed by atoms with Crippen LogP contribution in [0.4, 0.5) is 0 Å². The van der Waals surface area contributed by atoms with E-state index in [2.05, 4.69) is 23.7 Å². The summed E-state index contributed by atoms with van der Waals surface area (Å²) in [6.07, 6.45) is 1.76. The molecule has 0 saturated carbocycles. The summed E-state index contributed by atoms with van der Waals surface area (Å²) in [6.45, 7) is 7.70. The number of rotatable bonds is 2. The van der Waals surface area contributed by atoms with Crippen molar-refractivity contribution < 1.29 is 0 Å². The molecule has 2 rings (SSSR count). The smallest absolute Gasteiger partial charge is 0.0709 e. The van der Waals surface area contributed by atoms with Crippen molar-refractivity contribution in [2.75, 3.05) is 0 Å². The second kappa shape index (κ2) is 6.57. The van der Waals surface area contributed by atoms with Gasteiger partial charge in [0.2, 0.25) is 0 Å². The molecule has 0 saturated heterocycles. The minimum Gasteiger partial charge on any atom is -0.248 e. The zero-order valence-corrected chi connectivity index (χ0v) is 9.85. The van der Waals surface area contributed by atoms with Crippen LogP contribution in [0.25, 0.3) is 17.3 Å². The molecule has 0 aliphatic rings. The highest BCUT2D eigenvalue weighted by Crippen LogP contribution is 2.16. The summed E-state index contributed by atoms with van der Waals surface area (Å²) in [6, 6.07) is 16.1. The molecule has 1 aromatic carbocycles. The third kappa shape index (κ3) is 3.06. The fourth-order valence-corrected chi connectivity index (χ4v) is 1.33. The van der Waals surface area contributed by atoms with Gasteiger partial charge in [-0.25, -0.2) is 4.98 Å². The van der Waals surface area contributed by atoms with Gasteiger partial charge in [-0.2, -0.15) is 0 Å². The van der Waals surface area contributed by atoms with Crippen LogP contribution >= 0.6 is 0 Å². The standard InChI is InChI=1S/C13H11N.C2H6/c1-2-12-9-6-10-13(14-12)11-7-4-3-5-8-11;1-2/h2-10H,1H2;1-2H3. The minimum atomic E-state index is 0.909. The molecule has 0 fully saturated rings. The molecule has 1 heterocycles. The van der Waals surface area contributed by atoms with E-state index in [1.54, 1.807) is 6.08 Å². The van der Waals surface area contributed by atoms with Crippen molar-refractivity contribution in [3.8, 4) is 11.3 Å². The minimum absolute atomic E-state index is 0.909. The van der Waals surface area contributed by atoms with E-state index >= 15 is 0 Å². The number of nitrogens with zero attached hydrogens (tertiary/aromatic N) is 1. The van der Waals surface area contributed by atoms with Crippen LogP contribution in [0.3, 0.4) is 0 Å². The second-order valence-corrected chi connectivity index (χ2v) is 3.02. The Kier molecular flexibility index (Phi) is 5.00. The van der Waals surface area contributed by atoms with Crippen LogP contribution in [0.2, 0.25) is 0 Å². The van der Waals surface area contributed by atoms with Crippen LogP contribution in [0.15, 0.2) is 55.1 Å². The van der Waals surface area contributed by atoms with Gasteiger partial charge in [0.05, 0.1) is 11.4 Å². The summed E-state index contributed by atoms with van der Waals surface area (Å²) >= 11 is 0. The maximum Gasteiger partial charge on any atom is 0.0709 e. The van der Waals surface area contributed by atoms with E-state index in [1.165, 1.54) is 0 Å². The van der Waals surface area contributed by atoms with Gasteiger partial charge < -0.3 is 0 Å².